The molecule has 4 rings (SSSR count). The van der Waals surface area contributed by atoms with Crippen LogP contribution in [0.15, 0.2) is 6.07 Å². The van der Waals surface area contributed by atoms with E-state index in [9.17, 15) is 0 Å². The second kappa shape index (κ2) is 6.65. The Morgan fingerprint density at radius 3 is 2.75 bits per heavy atom. The summed E-state index contributed by atoms with van der Waals surface area (Å²) in [6.07, 6.45) is 3.68. The van der Waals surface area contributed by atoms with Gasteiger partial charge in [0.05, 0.1) is 16.6 Å². The largest absolute Gasteiger partial charge is 0.348 e. The maximum Gasteiger partial charge on any atom is 0.187 e. The Hall–Kier alpha value is -1.11. The fourth-order valence-corrected chi connectivity index (χ4v) is 5.19. The number of aryl methyl sites for hydroxylation is 2. The average molecular weight is 366 g/mol. The van der Waals surface area contributed by atoms with Crippen LogP contribution in [0.4, 0.5) is 5.13 Å². The van der Waals surface area contributed by atoms with Crippen LogP contribution in [0, 0.1) is 13.8 Å². The molecule has 0 aliphatic carbocycles. The summed E-state index contributed by atoms with van der Waals surface area (Å²) >= 11 is 8.18. The van der Waals surface area contributed by atoms with E-state index in [1.807, 2.05) is 0 Å². The number of halogens is 1. The summed E-state index contributed by atoms with van der Waals surface area (Å²) in [4.78, 5) is 10.6. The molecule has 2 aromatic rings. The fraction of sp³-hybridized carbons (Fsp3) is 0.647. The smallest absolute Gasteiger partial charge is 0.187 e. The number of thiazole rings is 1. The van der Waals surface area contributed by atoms with Gasteiger partial charge in [-0.25, -0.2) is 4.98 Å². The lowest BCUT2D eigenvalue weighted by Crippen LogP contribution is -2.21. The molecule has 1 atom stereocenters. The fourth-order valence-electron chi connectivity index (χ4n) is 3.84. The highest BCUT2D eigenvalue weighted by atomic mass is 35.5. The Kier molecular flexibility index (Phi) is 4.54. The van der Waals surface area contributed by atoms with Crippen LogP contribution in [0.25, 0.3) is 0 Å². The van der Waals surface area contributed by atoms with Gasteiger partial charge in [0, 0.05) is 38.4 Å². The van der Waals surface area contributed by atoms with Crippen molar-refractivity contribution in [3.8, 4) is 0 Å². The second-order valence-corrected chi connectivity index (χ2v) is 8.37. The molecule has 2 aliphatic rings. The molecule has 24 heavy (non-hydrogen) atoms. The Morgan fingerprint density at radius 1 is 1.25 bits per heavy atom. The zero-order valence-corrected chi connectivity index (χ0v) is 15.9. The predicted octanol–water partition coefficient (Wildman–Crippen LogP) is 3.66. The minimum absolute atomic E-state index is 0.475. The summed E-state index contributed by atoms with van der Waals surface area (Å²) in [5.74, 6) is 0. The molecule has 130 valence electrons. The summed E-state index contributed by atoms with van der Waals surface area (Å²) in [5, 5.41) is 6.45. The zero-order chi connectivity index (χ0) is 16.7. The standard InChI is InChI=1S/C17H24ClN5S/c1-12-9-13(2)23(20-12)14-5-8-21(10-14)11-15-16(18)19-17(24-15)22-6-3-4-7-22/h9,14H,3-8,10-11H2,1-2H3/t14-/m1/s1. The molecule has 4 heterocycles. The van der Waals surface area contributed by atoms with Gasteiger partial charge in [-0.1, -0.05) is 22.9 Å². The first-order chi connectivity index (χ1) is 11.6. The molecule has 0 amide bonds. The molecule has 2 aliphatic heterocycles. The summed E-state index contributed by atoms with van der Waals surface area (Å²) in [6.45, 7) is 9.48. The van der Waals surface area contributed by atoms with Crippen LogP contribution >= 0.6 is 22.9 Å². The van der Waals surface area contributed by atoms with Crippen molar-refractivity contribution in [3.63, 3.8) is 0 Å². The number of rotatable bonds is 4. The van der Waals surface area contributed by atoms with Gasteiger partial charge in [-0.05, 0) is 39.2 Å². The van der Waals surface area contributed by atoms with Gasteiger partial charge in [-0.3, -0.25) is 9.58 Å². The zero-order valence-electron chi connectivity index (χ0n) is 14.3. The SMILES string of the molecule is Cc1cc(C)n([C@@H]2CCN(Cc3sc(N4CCCC4)nc3Cl)C2)n1. The first kappa shape index (κ1) is 16.4. The van der Waals surface area contributed by atoms with Crippen molar-refractivity contribution in [2.45, 2.75) is 45.7 Å². The van der Waals surface area contributed by atoms with Gasteiger partial charge in [-0.15, -0.1) is 0 Å². The van der Waals surface area contributed by atoms with Gasteiger partial charge in [0.15, 0.2) is 5.13 Å². The predicted molar refractivity (Wildman–Crippen MR) is 99.2 cm³/mol. The van der Waals surface area contributed by atoms with Crippen LogP contribution in [-0.4, -0.2) is 45.8 Å². The Balaban J connectivity index is 1.42. The Morgan fingerprint density at radius 2 is 2.04 bits per heavy atom. The van der Waals surface area contributed by atoms with Crippen molar-refractivity contribution in [3.05, 3.63) is 27.5 Å². The van der Waals surface area contributed by atoms with E-state index in [1.165, 1.54) is 23.4 Å². The van der Waals surface area contributed by atoms with E-state index in [2.05, 4.69) is 44.5 Å². The third-order valence-electron chi connectivity index (χ3n) is 5.02. The van der Waals surface area contributed by atoms with Gasteiger partial charge in [0.1, 0.15) is 5.15 Å². The lowest BCUT2D eigenvalue weighted by molar-refractivity contribution is 0.313. The lowest BCUT2D eigenvalue weighted by Gasteiger charge is -2.16. The maximum absolute atomic E-state index is 6.41. The molecule has 2 fully saturated rings. The molecule has 0 aromatic carbocycles. The van der Waals surface area contributed by atoms with Gasteiger partial charge in [0.2, 0.25) is 0 Å². The average Bonchev–Trinajstić information content (AvgIpc) is 3.28. The Bertz CT molecular complexity index is 719. The molecule has 0 radical (unpaired) electrons. The maximum atomic E-state index is 6.41. The van der Waals surface area contributed by atoms with Crippen molar-refractivity contribution < 1.29 is 0 Å². The molecule has 0 N–H and O–H groups in total. The van der Waals surface area contributed by atoms with Crippen molar-refractivity contribution in [2.24, 2.45) is 0 Å². The van der Waals surface area contributed by atoms with Crippen LogP contribution in [0.1, 0.15) is 41.6 Å². The number of nitrogens with zero attached hydrogens (tertiary/aromatic N) is 5. The molecule has 0 unspecified atom stereocenters. The first-order valence-corrected chi connectivity index (χ1v) is 9.95. The number of hydrogen-bond donors (Lipinski definition) is 0. The number of anilines is 1. The quantitative estimate of drug-likeness (QED) is 0.828. The monoisotopic (exact) mass is 365 g/mol. The summed E-state index contributed by atoms with van der Waals surface area (Å²) in [5.41, 5.74) is 2.36. The lowest BCUT2D eigenvalue weighted by atomic mass is 10.2. The van der Waals surface area contributed by atoms with E-state index in [0.717, 1.165) is 50.0 Å². The molecule has 0 bridgehead atoms. The third kappa shape index (κ3) is 3.19. The molecule has 0 saturated carbocycles. The van der Waals surface area contributed by atoms with Crippen molar-refractivity contribution in [2.75, 3.05) is 31.1 Å². The molecular formula is C17H24ClN5S. The van der Waals surface area contributed by atoms with Crippen LogP contribution in [-0.2, 0) is 6.54 Å². The van der Waals surface area contributed by atoms with E-state index >= 15 is 0 Å². The van der Waals surface area contributed by atoms with E-state index in [1.54, 1.807) is 11.3 Å². The van der Waals surface area contributed by atoms with Crippen molar-refractivity contribution in [1.82, 2.24) is 19.7 Å². The van der Waals surface area contributed by atoms with Gasteiger partial charge < -0.3 is 4.90 Å². The second-order valence-electron chi connectivity index (χ2n) is 6.95. The highest BCUT2D eigenvalue weighted by molar-refractivity contribution is 7.16. The topological polar surface area (TPSA) is 37.2 Å². The molecular weight excluding hydrogens is 342 g/mol. The summed E-state index contributed by atoms with van der Waals surface area (Å²) in [7, 11) is 0. The molecule has 5 nitrogen and oxygen atoms in total. The van der Waals surface area contributed by atoms with E-state index in [4.69, 9.17) is 11.6 Å². The van der Waals surface area contributed by atoms with Crippen LogP contribution < -0.4 is 4.90 Å². The van der Waals surface area contributed by atoms with Crippen molar-refractivity contribution >= 4 is 28.1 Å². The van der Waals surface area contributed by atoms with E-state index < -0.39 is 0 Å². The van der Waals surface area contributed by atoms with Gasteiger partial charge in [0.25, 0.3) is 0 Å². The Labute approximate surface area is 152 Å². The third-order valence-corrected chi connectivity index (χ3v) is 6.55. The molecule has 2 aromatic heterocycles. The molecule has 0 spiro atoms. The minimum atomic E-state index is 0.475. The van der Waals surface area contributed by atoms with Crippen molar-refractivity contribution in [1.29, 1.82) is 0 Å². The van der Waals surface area contributed by atoms with E-state index in [0.29, 0.717) is 11.2 Å². The highest BCUT2D eigenvalue weighted by Gasteiger charge is 2.27. The van der Waals surface area contributed by atoms with Crippen LogP contribution in [0.2, 0.25) is 5.15 Å². The number of likely N-dealkylation sites (tertiary alicyclic amines) is 1. The minimum Gasteiger partial charge on any atom is -0.348 e. The first-order valence-electron chi connectivity index (χ1n) is 8.75. The molecule has 2 saturated heterocycles. The van der Waals surface area contributed by atoms with Crippen LogP contribution in [0.3, 0.4) is 0 Å². The highest BCUT2D eigenvalue weighted by Crippen LogP contribution is 2.34. The van der Waals surface area contributed by atoms with E-state index in [-0.39, 0.29) is 0 Å². The number of hydrogen-bond acceptors (Lipinski definition) is 5. The van der Waals surface area contributed by atoms with Crippen LogP contribution in [0.5, 0.6) is 0 Å². The molecule has 7 heteroatoms. The summed E-state index contributed by atoms with van der Waals surface area (Å²) < 4.78 is 2.19. The van der Waals surface area contributed by atoms with Gasteiger partial charge in [-0.2, -0.15) is 5.10 Å². The number of aromatic nitrogens is 3. The normalized spacial score (nSPS) is 22.0. The van der Waals surface area contributed by atoms with Gasteiger partial charge >= 0.3 is 0 Å². The summed E-state index contributed by atoms with van der Waals surface area (Å²) in [6, 6.07) is 2.63.